The molecule has 0 saturated carbocycles. The van der Waals surface area contributed by atoms with Crippen molar-refractivity contribution in [2.75, 3.05) is 47.0 Å². The van der Waals surface area contributed by atoms with Crippen molar-refractivity contribution < 1.29 is 32.5 Å². The fourth-order valence-electron chi connectivity index (χ4n) is 4.87. The van der Waals surface area contributed by atoms with Crippen molar-refractivity contribution in [3.05, 3.63) is 29.8 Å². The fraction of sp³-hybridized carbons (Fsp3) is 0.794. The molecule has 0 aliphatic carbocycles. The molecule has 2 unspecified atom stereocenters. The summed E-state index contributed by atoms with van der Waals surface area (Å²) in [7, 11) is -0.361. The van der Waals surface area contributed by atoms with Gasteiger partial charge in [0.1, 0.15) is 24.7 Å². The van der Waals surface area contributed by atoms with Crippen LogP contribution in [0.4, 0.5) is 0 Å². The van der Waals surface area contributed by atoms with Gasteiger partial charge in [-0.05, 0) is 62.6 Å². The number of rotatable bonds is 28. The van der Waals surface area contributed by atoms with Crippen LogP contribution in [0, 0.1) is 5.92 Å². The number of carbonyl (C=O) groups is 1. The molecule has 42 heavy (non-hydrogen) atoms. The van der Waals surface area contributed by atoms with Crippen molar-refractivity contribution in [1.29, 1.82) is 0 Å². The van der Waals surface area contributed by atoms with Crippen molar-refractivity contribution in [1.82, 2.24) is 0 Å². The first-order chi connectivity index (χ1) is 20.1. The molecule has 0 aliphatic heterocycles. The highest BCUT2D eigenvalue weighted by Crippen LogP contribution is 2.39. The molecule has 244 valence electrons. The average molecular weight is 612 g/mol. The zero-order valence-electron chi connectivity index (χ0n) is 27.6. The molecule has 0 spiro atoms. The first-order valence-corrected chi connectivity index (χ1v) is 18.2. The summed E-state index contributed by atoms with van der Waals surface area (Å²) in [5.74, 6) is 0.901. The lowest BCUT2D eigenvalue weighted by Crippen LogP contribution is -2.41. The number of nitrogens with zero attached hydrogens (tertiary/aromatic N) is 1. The lowest BCUT2D eigenvalue weighted by atomic mass is 9.94. The van der Waals surface area contributed by atoms with Gasteiger partial charge in [-0.25, -0.2) is 0 Å². The second-order valence-electron chi connectivity index (χ2n) is 12.5. The Kier molecular flexibility index (Phi) is 21.4. The van der Waals surface area contributed by atoms with Gasteiger partial charge in [0.2, 0.25) is 0 Å². The van der Waals surface area contributed by atoms with Gasteiger partial charge in [-0.1, -0.05) is 83.8 Å². The largest absolute Gasteiger partial charge is 0.756 e. The molecule has 1 aromatic rings. The zero-order valence-corrected chi connectivity index (χ0v) is 28.5. The number of hydrogen-bond acceptors (Lipinski definition) is 6. The van der Waals surface area contributed by atoms with Gasteiger partial charge in [0.05, 0.1) is 33.9 Å². The molecule has 0 aliphatic rings. The number of phosphoric acid groups is 1. The number of likely N-dealkylation sites (N-methyl/N-ethyl adjacent to an activating group) is 1. The number of aryl methyl sites for hydroxylation is 1. The maximum Gasteiger partial charge on any atom is 0.268 e. The summed E-state index contributed by atoms with van der Waals surface area (Å²) < 4.78 is 29.2. The highest BCUT2D eigenvalue weighted by atomic mass is 31.2. The summed E-state index contributed by atoms with van der Waals surface area (Å²) in [5, 5.41) is 0. The minimum atomic E-state index is -4.41. The van der Waals surface area contributed by atoms with Crippen LogP contribution in [0.3, 0.4) is 0 Å². The third-order valence-electron chi connectivity index (χ3n) is 8.08. The van der Waals surface area contributed by atoms with E-state index in [9.17, 15) is 14.3 Å². The van der Waals surface area contributed by atoms with Gasteiger partial charge in [0, 0.05) is 12.8 Å². The molecular formula is C34H62NO6P. The molecule has 0 bridgehead atoms. The van der Waals surface area contributed by atoms with Gasteiger partial charge >= 0.3 is 0 Å². The second kappa shape index (κ2) is 23.2. The summed E-state index contributed by atoms with van der Waals surface area (Å²) in [5.41, 5.74) is 1.20. The Labute approximate surface area is 257 Å². The number of benzene rings is 1. The van der Waals surface area contributed by atoms with Crippen molar-refractivity contribution in [3.63, 3.8) is 0 Å². The number of ether oxygens (including phenoxy) is 1. The maximum absolute atomic E-state index is 12.3. The topological polar surface area (TPSA) is 84.9 Å². The third kappa shape index (κ3) is 20.6. The van der Waals surface area contributed by atoms with Gasteiger partial charge < -0.3 is 23.2 Å². The summed E-state index contributed by atoms with van der Waals surface area (Å²) >= 11 is 0. The van der Waals surface area contributed by atoms with Crippen molar-refractivity contribution >= 4 is 13.6 Å². The first kappa shape index (κ1) is 38.8. The van der Waals surface area contributed by atoms with Crippen LogP contribution < -0.4 is 9.63 Å². The Bertz CT molecular complexity index is 860. The molecule has 0 fully saturated rings. The molecule has 7 nitrogen and oxygen atoms in total. The van der Waals surface area contributed by atoms with Crippen molar-refractivity contribution in [3.8, 4) is 5.75 Å². The standard InChI is InChI=1S/C34H62NO6P/c1-6-9-10-11-12-13-14-15-16-17-27-39-34-24-22-31(23-25-34)20-18-21-32(29-33(36)19-7-2)30-41-42(37,38)40-28-26-35(4,5)8-3/h22-25,32H,6-21,26-30H2,1-5H3. The van der Waals surface area contributed by atoms with E-state index in [1.165, 1.54) is 63.4 Å². The van der Waals surface area contributed by atoms with E-state index >= 15 is 0 Å². The summed E-state index contributed by atoms with van der Waals surface area (Å²) in [6.07, 6.45) is 17.2. The van der Waals surface area contributed by atoms with Gasteiger partial charge in [-0.3, -0.25) is 9.36 Å². The van der Waals surface area contributed by atoms with E-state index in [1.807, 2.05) is 40.1 Å². The molecule has 1 aromatic carbocycles. The van der Waals surface area contributed by atoms with Crippen LogP contribution in [0.2, 0.25) is 0 Å². The fourth-order valence-corrected chi connectivity index (χ4v) is 5.64. The van der Waals surface area contributed by atoms with E-state index in [0.717, 1.165) is 44.6 Å². The SMILES string of the molecule is CCCCCCCCCCCCOc1ccc(CCCC(COP(=O)([O-])OCC[N+](C)(C)CC)CC(=O)CCC)cc1. The molecule has 0 radical (unpaired) electrons. The molecular weight excluding hydrogens is 549 g/mol. The molecule has 0 heterocycles. The second-order valence-corrected chi connectivity index (χ2v) is 13.9. The van der Waals surface area contributed by atoms with Crippen LogP contribution in [0.15, 0.2) is 24.3 Å². The molecule has 0 aromatic heterocycles. The Hall–Kier alpha value is -1.24. The molecule has 8 heteroatoms. The van der Waals surface area contributed by atoms with Crippen LogP contribution in [0.1, 0.15) is 123 Å². The molecule has 1 rings (SSSR count). The number of ketones is 1. The van der Waals surface area contributed by atoms with Crippen LogP contribution in [0.25, 0.3) is 0 Å². The normalized spacial score (nSPS) is 14.0. The quantitative estimate of drug-likeness (QED) is 0.0539. The van der Waals surface area contributed by atoms with Gasteiger partial charge in [-0.15, -0.1) is 0 Å². The number of hydrogen-bond donors (Lipinski definition) is 0. The number of phosphoric ester groups is 1. The van der Waals surface area contributed by atoms with Crippen LogP contribution >= 0.6 is 7.82 Å². The summed E-state index contributed by atoms with van der Waals surface area (Å²) in [6.45, 7) is 8.56. The molecule has 0 saturated heterocycles. The number of Topliss-reactive ketones (excluding diaryl/α,β-unsaturated/α-hetero) is 1. The van der Waals surface area contributed by atoms with E-state index < -0.39 is 7.82 Å². The highest BCUT2D eigenvalue weighted by Gasteiger charge is 2.19. The van der Waals surface area contributed by atoms with Crippen LogP contribution in [-0.4, -0.2) is 57.3 Å². The summed E-state index contributed by atoms with van der Waals surface area (Å²) in [6, 6.07) is 8.25. The first-order valence-electron chi connectivity index (χ1n) is 16.8. The number of carbonyl (C=O) groups excluding carboxylic acids is 1. The number of unbranched alkanes of at least 4 members (excludes halogenated alkanes) is 9. The van der Waals surface area contributed by atoms with Gasteiger partial charge in [0.15, 0.2) is 0 Å². The lowest BCUT2D eigenvalue weighted by Gasteiger charge is -2.30. The van der Waals surface area contributed by atoms with E-state index in [1.54, 1.807) is 0 Å². The monoisotopic (exact) mass is 611 g/mol. The predicted octanol–water partition coefficient (Wildman–Crippen LogP) is 8.28. The summed E-state index contributed by atoms with van der Waals surface area (Å²) in [4.78, 5) is 24.7. The number of quaternary nitrogens is 1. The Morgan fingerprint density at radius 1 is 0.833 bits per heavy atom. The van der Waals surface area contributed by atoms with Crippen molar-refractivity contribution in [2.45, 2.75) is 124 Å². The maximum atomic E-state index is 12.3. The van der Waals surface area contributed by atoms with E-state index in [4.69, 9.17) is 13.8 Å². The van der Waals surface area contributed by atoms with Gasteiger partial charge in [-0.2, -0.15) is 0 Å². The van der Waals surface area contributed by atoms with Crippen LogP contribution in [0.5, 0.6) is 5.75 Å². The lowest BCUT2D eigenvalue weighted by molar-refractivity contribution is -0.888. The zero-order chi connectivity index (χ0) is 31.1. The highest BCUT2D eigenvalue weighted by molar-refractivity contribution is 7.45. The molecule has 0 amide bonds. The Morgan fingerprint density at radius 3 is 2.05 bits per heavy atom. The smallest absolute Gasteiger partial charge is 0.268 e. The molecule has 0 N–H and O–H groups in total. The molecule has 2 atom stereocenters. The van der Waals surface area contributed by atoms with Crippen LogP contribution in [-0.2, 0) is 24.8 Å². The third-order valence-corrected chi connectivity index (χ3v) is 9.05. The van der Waals surface area contributed by atoms with E-state index in [2.05, 4.69) is 19.1 Å². The Morgan fingerprint density at radius 2 is 1.45 bits per heavy atom. The van der Waals surface area contributed by atoms with E-state index in [0.29, 0.717) is 30.3 Å². The van der Waals surface area contributed by atoms with Gasteiger partial charge in [0.25, 0.3) is 7.82 Å². The van der Waals surface area contributed by atoms with Crippen molar-refractivity contribution in [2.24, 2.45) is 5.92 Å². The predicted molar refractivity (Wildman–Crippen MR) is 172 cm³/mol. The van der Waals surface area contributed by atoms with E-state index in [-0.39, 0.29) is 24.9 Å². The average Bonchev–Trinajstić information content (AvgIpc) is 2.95. The Balaban J connectivity index is 2.36. The minimum absolute atomic E-state index is 0.0198. The minimum Gasteiger partial charge on any atom is -0.756 e.